The third-order valence-corrected chi connectivity index (χ3v) is 4.15. The van der Waals surface area contributed by atoms with Crippen LogP contribution < -0.4 is 5.32 Å². The number of benzene rings is 1. The van der Waals surface area contributed by atoms with Crippen molar-refractivity contribution in [3.8, 4) is 10.6 Å². The van der Waals surface area contributed by atoms with Crippen molar-refractivity contribution < 1.29 is 9.21 Å². The van der Waals surface area contributed by atoms with Gasteiger partial charge in [0.05, 0.1) is 12.5 Å². The second kappa shape index (κ2) is 6.58. The second-order valence-electron chi connectivity index (χ2n) is 5.11. The van der Waals surface area contributed by atoms with Crippen LogP contribution in [0.25, 0.3) is 10.6 Å². The second-order valence-corrected chi connectivity index (χ2v) is 5.97. The monoisotopic (exact) mass is 312 g/mol. The molecule has 0 unspecified atom stereocenters. The van der Waals surface area contributed by atoms with Crippen LogP contribution in [-0.2, 0) is 6.42 Å². The largest absolute Gasteiger partial charge is 0.472 e. The van der Waals surface area contributed by atoms with Crippen molar-refractivity contribution >= 4 is 17.2 Å². The zero-order valence-corrected chi connectivity index (χ0v) is 13.0. The maximum Gasteiger partial charge on any atom is 0.270 e. The summed E-state index contributed by atoms with van der Waals surface area (Å²) >= 11 is 1.48. The van der Waals surface area contributed by atoms with E-state index in [2.05, 4.69) is 10.3 Å². The molecule has 4 nitrogen and oxygen atoms in total. The van der Waals surface area contributed by atoms with Crippen LogP contribution in [0.1, 0.15) is 23.0 Å². The summed E-state index contributed by atoms with van der Waals surface area (Å²) in [5.74, 6) is -0.144. The summed E-state index contributed by atoms with van der Waals surface area (Å²) in [5, 5.41) is 5.61. The molecule has 3 aromatic rings. The van der Waals surface area contributed by atoms with E-state index in [1.807, 2.05) is 43.3 Å². The summed E-state index contributed by atoms with van der Waals surface area (Å²) in [7, 11) is 0. The Hall–Kier alpha value is -2.40. The number of thiazole rings is 1. The molecular weight excluding hydrogens is 296 g/mol. The summed E-state index contributed by atoms with van der Waals surface area (Å²) in [5.41, 5.74) is 2.55. The highest BCUT2D eigenvalue weighted by atomic mass is 32.1. The highest BCUT2D eigenvalue weighted by Gasteiger charge is 2.14. The van der Waals surface area contributed by atoms with Gasteiger partial charge in [0.1, 0.15) is 10.7 Å². The normalized spacial score (nSPS) is 12.0. The molecule has 22 heavy (non-hydrogen) atoms. The van der Waals surface area contributed by atoms with E-state index in [1.165, 1.54) is 11.3 Å². The lowest BCUT2D eigenvalue weighted by atomic mass is 10.1. The van der Waals surface area contributed by atoms with Crippen LogP contribution in [0, 0.1) is 0 Å². The van der Waals surface area contributed by atoms with Gasteiger partial charge in [-0.25, -0.2) is 4.98 Å². The Labute approximate surface area is 132 Å². The molecule has 1 aromatic carbocycles. The van der Waals surface area contributed by atoms with E-state index < -0.39 is 0 Å². The first kappa shape index (κ1) is 14.5. The van der Waals surface area contributed by atoms with Gasteiger partial charge in [-0.1, -0.05) is 30.3 Å². The summed E-state index contributed by atoms with van der Waals surface area (Å²) in [4.78, 5) is 16.7. The number of amides is 1. The van der Waals surface area contributed by atoms with Crippen LogP contribution in [0.3, 0.4) is 0 Å². The average molecular weight is 312 g/mol. The quantitative estimate of drug-likeness (QED) is 0.780. The number of rotatable bonds is 5. The highest BCUT2D eigenvalue weighted by molar-refractivity contribution is 7.13. The molecule has 0 radical (unpaired) electrons. The van der Waals surface area contributed by atoms with E-state index >= 15 is 0 Å². The minimum atomic E-state index is -0.144. The molecule has 112 valence electrons. The van der Waals surface area contributed by atoms with Crippen molar-refractivity contribution in [1.82, 2.24) is 10.3 Å². The van der Waals surface area contributed by atoms with E-state index in [-0.39, 0.29) is 11.9 Å². The fourth-order valence-electron chi connectivity index (χ4n) is 2.20. The fraction of sp³-hybridized carbons (Fsp3) is 0.176. The van der Waals surface area contributed by atoms with Gasteiger partial charge in [0.15, 0.2) is 0 Å². The Morgan fingerprint density at radius 2 is 2.14 bits per heavy atom. The minimum Gasteiger partial charge on any atom is -0.472 e. The van der Waals surface area contributed by atoms with Crippen molar-refractivity contribution in [2.75, 3.05) is 0 Å². The predicted octanol–water partition coefficient (Wildman–Crippen LogP) is 3.76. The molecule has 0 aliphatic heterocycles. The first-order valence-electron chi connectivity index (χ1n) is 7.05. The zero-order chi connectivity index (χ0) is 15.4. The van der Waals surface area contributed by atoms with Gasteiger partial charge in [-0.3, -0.25) is 4.79 Å². The summed E-state index contributed by atoms with van der Waals surface area (Å²) < 4.78 is 5.03. The average Bonchev–Trinajstić information content (AvgIpc) is 3.19. The predicted molar refractivity (Wildman–Crippen MR) is 86.9 cm³/mol. The number of aromatic nitrogens is 1. The van der Waals surface area contributed by atoms with Gasteiger partial charge in [-0.05, 0) is 25.0 Å². The zero-order valence-electron chi connectivity index (χ0n) is 12.2. The smallest absolute Gasteiger partial charge is 0.270 e. The van der Waals surface area contributed by atoms with Crippen LogP contribution in [0.4, 0.5) is 0 Å². The molecule has 1 atom stereocenters. The van der Waals surface area contributed by atoms with Gasteiger partial charge in [-0.2, -0.15) is 0 Å². The maximum absolute atomic E-state index is 12.2. The molecule has 0 aliphatic rings. The molecule has 0 spiro atoms. The van der Waals surface area contributed by atoms with Crippen LogP contribution in [-0.4, -0.2) is 16.9 Å². The van der Waals surface area contributed by atoms with Gasteiger partial charge in [0.25, 0.3) is 5.91 Å². The van der Waals surface area contributed by atoms with E-state index in [4.69, 9.17) is 4.42 Å². The third-order valence-electron chi connectivity index (χ3n) is 3.26. The maximum atomic E-state index is 12.2. The molecule has 1 N–H and O–H groups in total. The van der Waals surface area contributed by atoms with E-state index in [9.17, 15) is 4.79 Å². The van der Waals surface area contributed by atoms with Crippen LogP contribution in [0.15, 0.2) is 58.7 Å². The molecule has 2 heterocycles. The van der Waals surface area contributed by atoms with Gasteiger partial charge in [-0.15, -0.1) is 11.3 Å². The first-order valence-corrected chi connectivity index (χ1v) is 7.93. The summed E-state index contributed by atoms with van der Waals surface area (Å²) in [6.07, 6.45) is 4.06. The van der Waals surface area contributed by atoms with Crippen molar-refractivity contribution in [2.24, 2.45) is 0 Å². The van der Waals surface area contributed by atoms with Crippen molar-refractivity contribution in [2.45, 2.75) is 19.4 Å². The summed E-state index contributed by atoms with van der Waals surface area (Å²) in [6.45, 7) is 1.97. The molecule has 3 rings (SSSR count). The Morgan fingerprint density at radius 1 is 1.32 bits per heavy atom. The molecule has 0 aliphatic carbocycles. The number of nitrogens with one attached hydrogen (secondary N) is 1. The summed E-state index contributed by atoms with van der Waals surface area (Å²) in [6, 6.07) is 11.8. The topological polar surface area (TPSA) is 55.1 Å². The van der Waals surface area contributed by atoms with E-state index in [0.717, 1.165) is 22.6 Å². The molecule has 1 amide bonds. The molecule has 0 fully saturated rings. The van der Waals surface area contributed by atoms with Gasteiger partial charge >= 0.3 is 0 Å². The number of furan rings is 1. The molecule has 5 heteroatoms. The van der Waals surface area contributed by atoms with Gasteiger partial charge in [0, 0.05) is 17.0 Å². The Balaban J connectivity index is 1.64. The fourth-order valence-corrected chi connectivity index (χ4v) is 3.01. The van der Waals surface area contributed by atoms with Crippen molar-refractivity contribution in [3.05, 3.63) is 65.6 Å². The van der Waals surface area contributed by atoms with E-state index in [0.29, 0.717) is 5.69 Å². The Kier molecular flexibility index (Phi) is 4.34. The minimum absolute atomic E-state index is 0.0203. The Bertz CT molecular complexity index is 735. The number of nitrogens with zero attached hydrogens (tertiary/aromatic N) is 1. The third kappa shape index (κ3) is 3.43. The van der Waals surface area contributed by atoms with E-state index in [1.54, 1.807) is 17.9 Å². The number of hydrogen-bond acceptors (Lipinski definition) is 4. The standard InChI is InChI=1S/C17H16N2O2S/c1-12(9-13-7-8-21-10-13)18-16(20)15-11-22-17(19-15)14-5-3-2-4-6-14/h2-8,10-12H,9H2,1H3,(H,18,20)/t12-/m0/s1. The molecule has 0 saturated heterocycles. The highest BCUT2D eigenvalue weighted by Crippen LogP contribution is 2.23. The van der Waals surface area contributed by atoms with Gasteiger partial charge in [0.2, 0.25) is 0 Å². The number of hydrogen-bond donors (Lipinski definition) is 1. The lowest BCUT2D eigenvalue weighted by molar-refractivity contribution is 0.0936. The molecular formula is C17H16N2O2S. The van der Waals surface area contributed by atoms with Crippen LogP contribution in [0.2, 0.25) is 0 Å². The lowest BCUT2D eigenvalue weighted by Crippen LogP contribution is -2.34. The molecule has 2 aromatic heterocycles. The van der Waals surface area contributed by atoms with Gasteiger partial charge < -0.3 is 9.73 Å². The molecule has 0 saturated carbocycles. The van der Waals surface area contributed by atoms with Crippen LogP contribution in [0.5, 0.6) is 0 Å². The van der Waals surface area contributed by atoms with Crippen molar-refractivity contribution in [1.29, 1.82) is 0 Å². The number of carbonyl (C=O) groups excluding carboxylic acids is 1. The first-order chi connectivity index (χ1) is 10.7. The Morgan fingerprint density at radius 3 is 2.86 bits per heavy atom. The number of carbonyl (C=O) groups is 1. The molecule has 0 bridgehead atoms. The van der Waals surface area contributed by atoms with Crippen molar-refractivity contribution in [3.63, 3.8) is 0 Å². The van der Waals surface area contributed by atoms with Crippen LogP contribution >= 0.6 is 11.3 Å². The SMILES string of the molecule is C[C@@H](Cc1ccoc1)NC(=O)c1csc(-c2ccccc2)n1. The lowest BCUT2D eigenvalue weighted by Gasteiger charge is -2.11.